The Morgan fingerprint density at radius 2 is 1.91 bits per heavy atom. The van der Waals surface area contributed by atoms with Crippen LogP contribution in [0.3, 0.4) is 0 Å². The van der Waals surface area contributed by atoms with Crippen LogP contribution < -0.4 is 5.73 Å². The Morgan fingerprint density at radius 1 is 1.20 bits per heavy atom. The molecule has 9 heteroatoms. The molecule has 2 N–H and O–H groups in total. The first kappa shape index (κ1) is 23.6. The van der Waals surface area contributed by atoms with Crippen molar-refractivity contribution in [2.24, 2.45) is 11.1 Å². The second kappa shape index (κ2) is 8.24. The van der Waals surface area contributed by atoms with Crippen LogP contribution in [0, 0.1) is 17.0 Å². The molecule has 1 saturated heterocycles. The van der Waals surface area contributed by atoms with E-state index in [9.17, 15) is 18.4 Å². The molecule has 1 aliphatic heterocycles. The summed E-state index contributed by atoms with van der Waals surface area (Å²) in [5, 5.41) is 8.81. The summed E-state index contributed by atoms with van der Waals surface area (Å²) in [5.41, 5.74) is 6.63. The van der Waals surface area contributed by atoms with Crippen LogP contribution in [0.15, 0.2) is 24.3 Å². The van der Waals surface area contributed by atoms with Gasteiger partial charge in [0.15, 0.2) is 0 Å². The second-order valence-corrected chi connectivity index (χ2v) is 10.6. The summed E-state index contributed by atoms with van der Waals surface area (Å²) >= 11 is 0. The molecule has 2 aliphatic carbocycles. The van der Waals surface area contributed by atoms with Gasteiger partial charge in [0.2, 0.25) is 5.91 Å². The normalized spacial score (nSPS) is 26.1. The third kappa shape index (κ3) is 3.34. The summed E-state index contributed by atoms with van der Waals surface area (Å²) in [6.07, 6.45) is 3.09. The predicted molar refractivity (Wildman–Crippen MR) is 126 cm³/mol. The van der Waals surface area contributed by atoms with Crippen LogP contribution in [0.4, 0.5) is 13.6 Å². The van der Waals surface area contributed by atoms with E-state index in [1.54, 1.807) is 6.07 Å². The molecule has 186 valence electrons. The van der Waals surface area contributed by atoms with E-state index in [1.165, 1.54) is 23.1 Å². The van der Waals surface area contributed by atoms with Gasteiger partial charge in [-0.15, -0.1) is 0 Å². The van der Waals surface area contributed by atoms with Crippen LogP contribution in [0.5, 0.6) is 0 Å². The largest absolute Gasteiger partial charge is 0.351 e. The van der Waals surface area contributed by atoms with Gasteiger partial charge in [-0.2, -0.15) is 10.2 Å². The third-order valence-corrected chi connectivity index (χ3v) is 8.81. The fraction of sp³-hybridized carbons (Fsp3) is 0.538. The minimum absolute atomic E-state index is 0.0936. The number of likely N-dealkylation sites (N-methyl/N-ethyl adjacent to an activating group) is 1. The van der Waals surface area contributed by atoms with Crippen LogP contribution in [0.25, 0.3) is 11.3 Å². The van der Waals surface area contributed by atoms with Gasteiger partial charge in [-0.25, -0.2) is 13.6 Å². The van der Waals surface area contributed by atoms with E-state index in [2.05, 4.69) is 24.0 Å². The predicted octanol–water partition coefficient (Wildman–Crippen LogP) is 3.97. The molecule has 2 fully saturated rings. The van der Waals surface area contributed by atoms with Gasteiger partial charge in [0.05, 0.1) is 17.0 Å². The molecule has 3 amide bonds. The molecule has 1 aromatic heterocycles. The number of halogens is 2. The van der Waals surface area contributed by atoms with Crippen molar-refractivity contribution in [3.8, 4) is 11.3 Å². The van der Waals surface area contributed by atoms with Crippen LogP contribution in [-0.2, 0) is 10.2 Å². The Kier molecular flexibility index (Phi) is 5.56. The highest BCUT2D eigenvalue weighted by Gasteiger charge is 2.64. The van der Waals surface area contributed by atoms with Crippen LogP contribution >= 0.6 is 0 Å². The van der Waals surface area contributed by atoms with Gasteiger partial charge in [-0.1, -0.05) is 19.9 Å². The van der Waals surface area contributed by atoms with E-state index in [1.807, 2.05) is 11.8 Å². The third-order valence-electron chi connectivity index (χ3n) is 8.81. The number of nitrogens with two attached hydrogens (primary N) is 1. The van der Waals surface area contributed by atoms with Crippen LogP contribution in [0.1, 0.15) is 63.6 Å². The average molecular weight is 484 g/mol. The van der Waals surface area contributed by atoms with Crippen molar-refractivity contribution in [3.05, 3.63) is 47.2 Å². The first-order valence-corrected chi connectivity index (χ1v) is 12.3. The number of likely N-dealkylation sites (tertiary alicyclic amines) is 1. The van der Waals surface area contributed by atoms with Crippen molar-refractivity contribution in [3.63, 3.8) is 0 Å². The summed E-state index contributed by atoms with van der Waals surface area (Å²) in [6.45, 7) is 7.73. The van der Waals surface area contributed by atoms with E-state index in [0.717, 1.165) is 30.5 Å². The van der Waals surface area contributed by atoms with Crippen molar-refractivity contribution < 1.29 is 18.4 Å². The molecule has 7 nitrogen and oxygen atoms in total. The van der Waals surface area contributed by atoms with E-state index >= 15 is 0 Å². The SMILES string of the molecule is CCN(C[C@@]12CC[C@@H](c3cc(-c4c(F)cccc4F)nnc31)C2(C)C)C(=O)C1CCCN1C(N)=O. The van der Waals surface area contributed by atoms with Crippen molar-refractivity contribution in [2.75, 3.05) is 19.6 Å². The lowest BCUT2D eigenvalue weighted by atomic mass is 9.68. The molecule has 0 radical (unpaired) electrons. The van der Waals surface area contributed by atoms with Crippen LogP contribution in [0.2, 0.25) is 0 Å². The zero-order valence-corrected chi connectivity index (χ0v) is 20.4. The molecule has 1 unspecified atom stereocenters. The Labute approximate surface area is 203 Å². The number of hydrogen-bond donors (Lipinski definition) is 1. The monoisotopic (exact) mass is 483 g/mol. The molecule has 5 rings (SSSR count). The van der Waals surface area contributed by atoms with Crippen LogP contribution in [-0.4, -0.2) is 57.6 Å². The summed E-state index contributed by atoms with van der Waals surface area (Å²) in [5.74, 6) is -1.29. The standard InChI is InChI=1S/C26H31F2N5O2/c1-4-32(23(34)20-9-6-12-33(20)24(29)35)14-26-11-10-16(25(26,2)3)15-13-19(30-31-22(15)26)21-17(27)7-5-8-18(21)28/h5,7-8,13,16,20H,4,6,9-12,14H2,1-3H3,(H2,29,35)/t16-,20?,26-/m0/s1. The Morgan fingerprint density at radius 3 is 2.57 bits per heavy atom. The second-order valence-electron chi connectivity index (χ2n) is 10.6. The van der Waals surface area contributed by atoms with Gasteiger partial charge in [0.25, 0.3) is 0 Å². The zero-order chi connectivity index (χ0) is 25.1. The molecule has 1 aromatic carbocycles. The van der Waals surface area contributed by atoms with Gasteiger partial charge < -0.3 is 15.5 Å². The highest BCUT2D eigenvalue weighted by atomic mass is 19.1. The highest BCUT2D eigenvalue weighted by molar-refractivity contribution is 5.87. The maximum absolute atomic E-state index is 14.5. The molecular weight excluding hydrogens is 452 g/mol. The molecular formula is C26H31F2N5O2. The molecule has 2 bridgehead atoms. The maximum atomic E-state index is 14.5. The number of amides is 3. The van der Waals surface area contributed by atoms with E-state index in [0.29, 0.717) is 26.1 Å². The smallest absolute Gasteiger partial charge is 0.315 e. The van der Waals surface area contributed by atoms with Gasteiger partial charge >= 0.3 is 6.03 Å². The van der Waals surface area contributed by atoms with Crippen molar-refractivity contribution in [1.29, 1.82) is 0 Å². The summed E-state index contributed by atoms with van der Waals surface area (Å²) in [7, 11) is 0. The number of rotatable bonds is 5. The Balaban J connectivity index is 1.52. The summed E-state index contributed by atoms with van der Waals surface area (Å²) in [6, 6.07) is 4.43. The first-order valence-electron chi connectivity index (χ1n) is 12.3. The number of carbonyl (C=O) groups excluding carboxylic acids is 2. The summed E-state index contributed by atoms with van der Waals surface area (Å²) < 4.78 is 28.9. The first-order chi connectivity index (χ1) is 16.6. The Hall–Kier alpha value is -3.10. The van der Waals surface area contributed by atoms with Gasteiger partial charge in [0.1, 0.15) is 17.7 Å². The summed E-state index contributed by atoms with van der Waals surface area (Å²) in [4.78, 5) is 28.7. The van der Waals surface area contributed by atoms with E-state index in [-0.39, 0.29) is 28.5 Å². The van der Waals surface area contributed by atoms with E-state index < -0.39 is 29.1 Å². The van der Waals surface area contributed by atoms with Gasteiger partial charge in [-0.05, 0) is 67.7 Å². The number of fused-ring (bicyclic) bond motifs is 5. The Bertz CT molecular complexity index is 1180. The number of benzene rings is 1. The van der Waals surface area contributed by atoms with Crippen molar-refractivity contribution in [1.82, 2.24) is 20.0 Å². The lowest BCUT2D eigenvalue weighted by molar-refractivity contribution is -0.136. The minimum Gasteiger partial charge on any atom is -0.351 e. The molecule has 1 saturated carbocycles. The molecule has 3 atom stereocenters. The fourth-order valence-corrected chi connectivity index (χ4v) is 6.81. The molecule has 2 heterocycles. The number of urea groups is 1. The number of aromatic nitrogens is 2. The lowest BCUT2D eigenvalue weighted by Gasteiger charge is -2.42. The number of carbonyl (C=O) groups is 2. The maximum Gasteiger partial charge on any atom is 0.315 e. The topological polar surface area (TPSA) is 92.4 Å². The quantitative estimate of drug-likeness (QED) is 0.697. The lowest BCUT2D eigenvalue weighted by Crippen LogP contribution is -2.54. The number of primary amides is 1. The number of hydrogen-bond acceptors (Lipinski definition) is 4. The van der Waals surface area contributed by atoms with Gasteiger partial charge in [0, 0.05) is 25.0 Å². The molecule has 2 aromatic rings. The molecule has 35 heavy (non-hydrogen) atoms. The van der Waals surface area contributed by atoms with E-state index in [4.69, 9.17) is 5.73 Å². The molecule has 3 aliphatic rings. The highest BCUT2D eigenvalue weighted by Crippen LogP contribution is 2.67. The average Bonchev–Trinajstić information content (AvgIpc) is 3.45. The van der Waals surface area contributed by atoms with Crippen molar-refractivity contribution in [2.45, 2.75) is 63.8 Å². The molecule has 0 spiro atoms. The minimum atomic E-state index is -0.672. The zero-order valence-electron chi connectivity index (χ0n) is 20.4. The number of nitrogens with zero attached hydrogens (tertiary/aromatic N) is 4. The van der Waals surface area contributed by atoms with Crippen molar-refractivity contribution >= 4 is 11.9 Å². The fourth-order valence-electron chi connectivity index (χ4n) is 6.81. The van der Waals surface area contributed by atoms with Gasteiger partial charge in [-0.3, -0.25) is 4.79 Å².